The van der Waals surface area contributed by atoms with Crippen LogP contribution in [0.3, 0.4) is 0 Å². The van der Waals surface area contributed by atoms with Gasteiger partial charge in [-0.15, -0.1) is 0 Å². The number of rotatable bonds is 4. The second-order valence-corrected chi connectivity index (χ2v) is 6.43. The van der Waals surface area contributed by atoms with Gasteiger partial charge in [0, 0.05) is 38.3 Å². The molecule has 3 rings (SSSR count). The summed E-state index contributed by atoms with van der Waals surface area (Å²) < 4.78 is 0. The molecule has 1 aromatic heterocycles. The number of nitrogens with zero attached hydrogens (tertiary/aromatic N) is 4. The van der Waals surface area contributed by atoms with E-state index in [-0.39, 0.29) is 11.7 Å². The summed E-state index contributed by atoms with van der Waals surface area (Å²) in [7, 11) is 0. The van der Waals surface area contributed by atoms with Crippen molar-refractivity contribution in [3.05, 3.63) is 63.3 Å². The normalized spacial score (nSPS) is 18.6. The monoisotopic (exact) mass is 346 g/mol. The smallest absolute Gasteiger partial charge is 0.289 e. The van der Waals surface area contributed by atoms with Gasteiger partial charge in [0.05, 0.1) is 9.95 Å². The number of hydrogen-bond donors (Lipinski definition) is 0. The van der Waals surface area contributed by atoms with Gasteiger partial charge in [-0.1, -0.05) is 41.9 Å². The quantitative estimate of drug-likeness (QED) is 0.627. The van der Waals surface area contributed by atoms with Crippen LogP contribution in [0.25, 0.3) is 0 Å². The van der Waals surface area contributed by atoms with Crippen LogP contribution >= 0.6 is 11.6 Å². The van der Waals surface area contributed by atoms with Gasteiger partial charge in [0.15, 0.2) is 0 Å². The molecule has 126 valence electrons. The zero-order chi connectivity index (χ0) is 17.1. The molecule has 1 fully saturated rings. The standard InChI is InChI=1S/C17H19ClN4O2/c1-13-11-20(12-14-5-3-2-4-6-14)7-8-21(13)17-16(18)9-15(10-19-17)22(23)24/h2-6,9-10,13H,7-8,11-12H2,1H3/t13-/m1/s1. The fourth-order valence-corrected chi connectivity index (χ4v) is 3.33. The van der Waals surface area contributed by atoms with E-state index in [1.54, 1.807) is 0 Å². The van der Waals surface area contributed by atoms with Crippen LogP contribution in [0, 0.1) is 10.1 Å². The molecule has 24 heavy (non-hydrogen) atoms. The largest absolute Gasteiger partial charge is 0.350 e. The maximum Gasteiger partial charge on any atom is 0.289 e. The van der Waals surface area contributed by atoms with Crippen LogP contribution in [0.1, 0.15) is 12.5 Å². The number of anilines is 1. The highest BCUT2D eigenvalue weighted by Crippen LogP contribution is 2.29. The second-order valence-electron chi connectivity index (χ2n) is 6.02. The molecule has 2 heterocycles. The lowest BCUT2D eigenvalue weighted by atomic mass is 10.1. The molecular weight excluding hydrogens is 328 g/mol. The first-order valence-corrected chi connectivity index (χ1v) is 8.25. The molecule has 0 spiro atoms. The van der Waals surface area contributed by atoms with Crippen molar-refractivity contribution in [1.29, 1.82) is 0 Å². The minimum absolute atomic E-state index is 0.0842. The van der Waals surface area contributed by atoms with Crippen LogP contribution in [-0.4, -0.2) is 40.5 Å². The summed E-state index contributed by atoms with van der Waals surface area (Å²) in [6, 6.07) is 12.0. The average molecular weight is 347 g/mol. The first-order valence-electron chi connectivity index (χ1n) is 7.87. The summed E-state index contributed by atoms with van der Waals surface area (Å²) in [5.74, 6) is 0.620. The lowest BCUT2D eigenvalue weighted by molar-refractivity contribution is -0.385. The maximum absolute atomic E-state index is 10.8. The Morgan fingerprint density at radius 2 is 2.08 bits per heavy atom. The molecule has 7 heteroatoms. The molecule has 0 aliphatic carbocycles. The van der Waals surface area contributed by atoms with E-state index in [1.165, 1.54) is 17.8 Å². The van der Waals surface area contributed by atoms with Gasteiger partial charge < -0.3 is 4.90 Å². The van der Waals surface area contributed by atoms with E-state index in [4.69, 9.17) is 11.6 Å². The second kappa shape index (κ2) is 7.15. The Bertz CT molecular complexity index is 726. The Labute approximate surface area is 145 Å². The molecule has 0 N–H and O–H groups in total. The SMILES string of the molecule is C[C@@H]1CN(Cc2ccccc2)CCN1c1ncc([N+](=O)[O-])cc1Cl. The van der Waals surface area contributed by atoms with E-state index in [0.29, 0.717) is 10.8 Å². The van der Waals surface area contributed by atoms with Crippen LogP contribution in [-0.2, 0) is 6.54 Å². The number of halogens is 1. The lowest BCUT2D eigenvalue weighted by Crippen LogP contribution is -2.52. The van der Waals surface area contributed by atoms with Gasteiger partial charge in [0.1, 0.15) is 12.0 Å². The topological polar surface area (TPSA) is 62.5 Å². The van der Waals surface area contributed by atoms with Crippen LogP contribution in [0.15, 0.2) is 42.6 Å². The predicted molar refractivity (Wildman–Crippen MR) is 94.4 cm³/mol. The third kappa shape index (κ3) is 3.66. The molecule has 0 bridgehead atoms. The van der Waals surface area contributed by atoms with Gasteiger partial charge in [0.2, 0.25) is 0 Å². The minimum Gasteiger partial charge on any atom is -0.350 e. The molecule has 1 aliphatic heterocycles. The summed E-state index contributed by atoms with van der Waals surface area (Å²) in [6.07, 6.45) is 1.27. The van der Waals surface area contributed by atoms with Gasteiger partial charge >= 0.3 is 0 Å². The van der Waals surface area contributed by atoms with Crippen molar-refractivity contribution < 1.29 is 4.92 Å². The zero-order valence-corrected chi connectivity index (χ0v) is 14.2. The minimum atomic E-state index is -0.482. The van der Waals surface area contributed by atoms with Gasteiger partial charge in [-0.3, -0.25) is 15.0 Å². The average Bonchev–Trinajstić information content (AvgIpc) is 2.56. The van der Waals surface area contributed by atoms with Gasteiger partial charge in [-0.05, 0) is 12.5 Å². The van der Waals surface area contributed by atoms with Crippen molar-refractivity contribution in [1.82, 2.24) is 9.88 Å². The van der Waals surface area contributed by atoms with Crippen LogP contribution in [0.5, 0.6) is 0 Å². The van der Waals surface area contributed by atoms with Crippen molar-refractivity contribution in [2.45, 2.75) is 19.5 Å². The number of benzene rings is 1. The Kier molecular flexibility index (Phi) is 4.97. The lowest BCUT2D eigenvalue weighted by Gasteiger charge is -2.40. The highest BCUT2D eigenvalue weighted by molar-refractivity contribution is 6.33. The molecular formula is C17H19ClN4O2. The van der Waals surface area contributed by atoms with Crippen molar-refractivity contribution in [2.75, 3.05) is 24.5 Å². The van der Waals surface area contributed by atoms with Crippen molar-refractivity contribution in [3.8, 4) is 0 Å². The van der Waals surface area contributed by atoms with Crippen LogP contribution in [0.4, 0.5) is 11.5 Å². The fraction of sp³-hybridized carbons (Fsp3) is 0.353. The van der Waals surface area contributed by atoms with E-state index in [2.05, 4.69) is 46.0 Å². The summed E-state index contributed by atoms with van der Waals surface area (Å²) in [6.45, 7) is 5.62. The summed E-state index contributed by atoms with van der Waals surface area (Å²) in [4.78, 5) is 19.1. The highest BCUT2D eigenvalue weighted by Gasteiger charge is 2.27. The molecule has 6 nitrogen and oxygen atoms in total. The zero-order valence-electron chi connectivity index (χ0n) is 13.4. The third-order valence-electron chi connectivity index (χ3n) is 4.25. The van der Waals surface area contributed by atoms with Crippen molar-refractivity contribution in [3.63, 3.8) is 0 Å². The molecule has 1 aliphatic rings. The fourth-order valence-electron chi connectivity index (χ4n) is 3.06. The number of hydrogen-bond acceptors (Lipinski definition) is 5. The van der Waals surface area contributed by atoms with Crippen molar-refractivity contribution in [2.24, 2.45) is 0 Å². The van der Waals surface area contributed by atoms with E-state index in [1.807, 2.05) is 6.07 Å². The summed E-state index contributed by atoms with van der Waals surface area (Å²) in [5, 5.41) is 11.1. The molecule has 0 radical (unpaired) electrons. The predicted octanol–water partition coefficient (Wildman–Crippen LogP) is 3.35. The van der Waals surface area contributed by atoms with E-state index in [9.17, 15) is 10.1 Å². The Hall–Kier alpha value is -2.18. The van der Waals surface area contributed by atoms with Crippen LogP contribution < -0.4 is 4.90 Å². The number of aromatic nitrogens is 1. The highest BCUT2D eigenvalue weighted by atomic mass is 35.5. The summed E-state index contributed by atoms with van der Waals surface area (Å²) >= 11 is 6.22. The molecule has 0 saturated carbocycles. The Morgan fingerprint density at radius 1 is 1.33 bits per heavy atom. The maximum atomic E-state index is 10.8. The first kappa shape index (κ1) is 16.7. The molecule has 1 aromatic carbocycles. The number of nitro groups is 1. The Balaban J connectivity index is 1.69. The van der Waals surface area contributed by atoms with E-state index < -0.39 is 4.92 Å². The van der Waals surface area contributed by atoms with Gasteiger partial charge in [-0.2, -0.15) is 0 Å². The molecule has 0 unspecified atom stereocenters. The van der Waals surface area contributed by atoms with Crippen LogP contribution in [0.2, 0.25) is 5.02 Å². The third-order valence-corrected chi connectivity index (χ3v) is 4.53. The van der Waals surface area contributed by atoms with E-state index in [0.717, 1.165) is 26.2 Å². The van der Waals surface area contributed by atoms with Gasteiger partial charge in [-0.25, -0.2) is 4.98 Å². The molecule has 0 amide bonds. The van der Waals surface area contributed by atoms with E-state index >= 15 is 0 Å². The number of piperazine rings is 1. The summed E-state index contributed by atoms with van der Waals surface area (Å²) in [5.41, 5.74) is 1.21. The Morgan fingerprint density at radius 3 is 2.71 bits per heavy atom. The molecule has 2 aromatic rings. The number of pyridine rings is 1. The van der Waals surface area contributed by atoms with Gasteiger partial charge in [0.25, 0.3) is 5.69 Å². The molecule has 1 atom stereocenters. The first-order chi connectivity index (χ1) is 11.5. The molecule has 1 saturated heterocycles. The van der Waals surface area contributed by atoms with Crippen molar-refractivity contribution >= 4 is 23.1 Å².